The molecular formula is C16H22N4O. The molecule has 2 rings (SSSR count). The van der Waals surface area contributed by atoms with Crippen molar-refractivity contribution < 1.29 is 4.74 Å². The van der Waals surface area contributed by atoms with E-state index in [0.717, 1.165) is 5.56 Å². The van der Waals surface area contributed by atoms with Gasteiger partial charge < -0.3 is 15.4 Å². The summed E-state index contributed by atoms with van der Waals surface area (Å²) in [6.45, 7) is 5.19. The van der Waals surface area contributed by atoms with Crippen LogP contribution in [0.4, 0.5) is 5.95 Å². The molecule has 5 heteroatoms. The number of aromatic nitrogens is 2. The van der Waals surface area contributed by atoms with Crippen LogP contribution in [0.3, 0.4) is 0 Å². The molecule has 112 valence electrons. The van der Waals surface area contributed by atoms with Crippen molar-refractivity contribution in [3.05, 3.63) is 47.7 Å². The van der Waals surface area contributed by atoms with E-state index in [9.17, 15) is 0 Å². The van der Waals surface area contributed by atoms with E-state index in [0.29, 0.717) is 24.9 Å². The smallest absolute Gasteiger partial charge is 0.228 e. The molecule has 0 amide bonds. The Morgan fingerprint density at radius 2 is 1.90 bits per heavy atom. The number of benzene rings is 1. The molecule has 0 atom stereocenters. The summed E-state index contributed by atoms with van der Waals surface area (Å²) in [4.78, 5) is 10.7. The second kappa shape index (κ2) is 7.04. The SMILES string of the molecule is CC(C)Oc1ccnc(N(C)Cc2ccccc2CN)n1. The summed E-state index contributed by atoms with van der Waals surface area (Å²) in [5, 5.41) is 0. The van der Waals surface area contributed by atoms with Gasteiger partial charge in [0.1, 0.15) is 0 Å². The Bertz CT molecular complexity index is 586. The van der Waals surface area contributed by atoms with Crippen LogP contribution >= 0.6 is 0 Å². The van der Waals surface area contributed by atoms with Gasteiger partial charge in [0.2, 0.25) is 11.8 Å². The van der Waals surface area contributed by atoms with Gasteiger partial charge in [0, 0.05) is 32.4 Å². The highest BCUT2D eigenvalue weighted by atomic mass is 16.5. The van der Waals surface area contributed by atoms with Gasteiger partial charge in [-0.05, 0) is 25.0 Å². The standard InChI is InChI=1S/C16H22N4O/c1-12(2)21-15-8-9-18-16(19-15)20(3)11-14-7-5-4-6-13(14)10-17/h4-9,12H,10-11,17H2,1-3H3. The first-order chi connectivity index (χ1) is 10.1. The van der Waals surface area contributed by atoms with Gasteiger partial charge in [-0.2, -0.15) is 4.98 Å². The van der Waals surface area contributed by atoms with E-state index >= 15 is 0 Å². The normalized spacial score (nSPS) is 10.7. The first-order valence-electron chi connectivity index (χ1n) is 7.08. The van der Waals surface area contributed by atoms with Gasteiger partial charge in [-0.25, -0.2) is 4.98 Å². The first kappa shape index (κ1) is 15.3. The molecule has 0 saturated heterocycles. The molecule has 21 heavy (non-hydrogen) atoms. The Morgan fingerprint density at radius 3 is 2.57 bits per heavy atom. The zero-order chi connectivity index (χ0) is 15.2. The van der Waals surface area contributed by atoms with Crippen LogP contribution in [0.2, 0.25) is 0 Å². The molecule has 0 aliphatic rings. The van der Waals surface area contributed by atoms with Crippen molar-refractivity contribution in [2.45, 2.75) is 33.0 Å². The van der Waals surface area contributed by atoms with Gasteiger partial charge in [-0.15, -0.1) is 0 Å². The minimum atomic E-state index is 0.0935. The molecular weight excluding hydrogens is 264 g/mol. The van der Waals surface area contributed by atoms with E-state index in [1.54, 1.807) is 12.3 Å². The number of anilines is 1. The molecule has 0 bridgehead atoms. The highest BCUT2D eigenvalue weighted by molar-refractivity contribution is 5.35. The van der Waals surface area contributed by atoms with E-state index < -0.39 is 0 Å². The lowest BCUT2D eigenvalue weighted by molar-refractivity contribution is 0.232. The first-order valence-corrected chi connectivity index (χ1v) is 7.08. The molecule has 2 N–H and O–H groups in total. The number of hydrogen-bond acceptors (Lipinski definition) is 5. The average Bonchev–Trinajstić information content (AvgIpc) is 2.47. The number of nitrogens with two attached hydrogens (primary N) is 1. The molecule has 5 nitrogen and oxygen atoms in total. The van der Waals surface area contributed by atoms with Gasteiger partial charge in [-0.3, -0.25) is 0 Å². The summed E-state index contributed by atoms with van der Waals surface area (Å²) >= 11 is 0. The number of ether oxygens (including phenoxy) is 1. The highest BCUT2D eigenvalue weighted by Gasteiger charge is 2.09. The Morgan fingerprint density at radius 1 is 1.19 bits per heavy atom. The highest BCUT2D eigenvalue weighted by Crippen LogP contribution is 2.16. The minimum Gasteiger partial charge on any atom is -0.475 e. The van der Waals surface area contributed by atoms with Gasteiger partial charge in [0.15, 0.2) is 0 Å². The average molecular weight is 286 g/mol. The molecule has 1 aromatic carbocycles. The van der Waals surface area contributed by atoms with Crippen LogP contribution in [0, 0.1) is 0 Å². The molecule has 1 heterocycles. The van der Waals surface area contributed by atoms with Crippen molar-refractivity contribution in [2.24, 2.45) is 5.73 Å². The molecule has 0 spiro atoms. The lowest BCUT2D eigenvalue weighted by Gasteiger charge is -2.19. The fourth-order valence-electron chi connectivity index (χ4n) is 2.06. The third-order valence-electron chi connectivity index (χ3n) is 3.06. The topological polar surface area (TPSA) is 64.3 Å². The van der Waals surface area contributed by atoms with E-state index in [-0.39, 0.29) is 6.10 Å². The molecule has 0 unspecified atom stereocenters. The van der Waals surface area contributed by atoms with Gasteiger partial charge in [-0.1, -0.05) is 24.3 Å². The maximum absolute atomic E-state index is 5.77. The van der Waals surface area contributed by atoms with Crippen molar-refractivity contribution in [1.29, 1.82) is 0 Å². The number of hydrogen-bond donors (Lipinski definition) is 1. The number of rotatable bonds is 6. The molecule has 1 aromatic heterocycles. The van der Waals surface area contributed by atoms with E-state index in [1.165, 1.54) is 5.56 Å². The lowest BCUT2D eigenvalue weighted by atomic mass is 10.1. The van der Waals surface area contributed by atoms with Crippen LogP contribution in [0.1, 0.15) is 25.0 Å². The molecule has 0 aliphatic carbocycles. The monoisotopic (exact) mass is 286 g/mol. The molecule has 2 aromatic rings. The van der Waals surface area contributed by atoms with E-state index in [2.05, 4.69) is 16.0 Å². The summed E-state index contributed by atoms with van der Waals surface area (Å²) in [7, 11) is 1.96. The fourth-order valence-corrected chi connectivity index (χ4v) is 2.06. The zero-order valence-electron chi connectivity index (χ0n) is 12.8. The van der Waals surface area contributed by atoms with Crippen LogP contribution in [0.25, 0.3) is 0 Å². The minimum absolute atomic E-state index is 0.0935. The maximum Gasteiger partial charge on any atom is 0.228 e. The predicted molar refractivity (Wildman–Crippen MR) is 84.2 cm³/mol. The Balaban J connectivity index is 2.14. The Hall–Kier alpha value is -2.14. The van der Waals surface area contributed by atoms with Crippen LogP contribution in [0.15, 0.2) is 36.5 Å². The van der Waals surface area contributed by atoms with Crippen molar-refractivity contribution in [2.75, 3.05) is 11.9 Å². The largest absolute Gasteiger partial charge is 0.475 e. The van der Waals surface area contributed by atoms with Crippen molar-refractivity contribution in [3.63, 3.8) is 0 Å². The van der Waals surface area contributed by atoms with Crippen LogP contribution in [-0.4, -0.2) is 23.1 Å². The molecule has 0 aliphatic heterocycles. The van der Waals surface area contributed by atoms with Gasteiger partial charge >= 0.3 is 0 Å². The van der Waals surface area contributed by atoms with Gasteiger partial charge in [0.05, 0.1) is 6.10 Å². The summed E-state index contributed by atoms with van der Waals surface area (Å²) in [5.41, 5.74) is 8.09. The van der Waals surface area contributed by atoms with Gasteiger partial charge in [0.25, 0.3) is 0 Å². The summed E-state index contributed by atoms with van der Waals surface area (Å²) in [5.74, 6) is 1.23. The quantitative estimate of drug-likeness (QED) is 0.883. The van der Waals surface area contributed by atoms with Crippen LogP contribution < -0.4 is 15.4 Å². The predicted octanol–water partition coefficient (Wildman–Crippen LogP) is 2.36. The zero-order valence-corrected chi connectivity index (χ0v) is 12.8. The lowest BCUT2D eigenvalue weighted by Crippen LogP contribution is -2.21. The Kier molecular flexibility index (Phi) is 5.11. The van der Waals surface area contributed by atoms with Crippen LogP contribution in [0.5, 0.6) is 5.88 Å². The molecule has 0 saturated carbocycles. The third kappa shape index (κ3) is 4.16. The number of nitrogens with zero attached hydrogens (tertiary/aromatic N) is 3. The van der Waals surface area contributed by atoms with Crippen LogP contribution in [-0.2, 0) is 13.1 Å². The van der Waals surface area contributed by atoms with E-state index in [4.69, 9.17) is 10.5 Å². The van der Waals surface area contributed by atoms with Crippen molar-refractivity contribution >= 4 is 5.95 Å². The molecule has 0 radical (unpaired) electrons. The second-order valence-electron chi connectivity index (χ2n) is 5.19. The van der Waals surface area contributed by atoms with Crippen molar-refractivity contribution in [1.82, 2.24) is 9.97 Å². The maximum atomic E-state index is 5.77. The summed E-state index contributed by atoms with van der Waals surface area (Å²) < 4.78 is 5.60. The van der Waals surface area contributed by atoms with Crippen molar-refractivity contribution in [3.8, 4) is 5.88 Å². The summed E-state index contributed by atoms with van der Waals surface area (Å²) in [6, 6.07) is 9.90. The Labute approximate surface area is 125 Å². The van der Waals surface area contributed by atoms with E-state index in [1.807, 2.05) is 44.0 Å². The molecule has 0 fully saturated rings. The summed E-state index contributed by atoms with van der Waals surface area (Å²) in [6.07, 6.45) is 1.81. The third-order valence-corrected chi connectivity index (χ3v) is 3.06. The fraction of sp³-hybridized carbons (Fsp3) is 0.375. The second-order valence-corrected chi connectivity index (χ2v) is 5.19.